The Bertz CT molecular complexity index is 396. The van der Waals surface area contributed by atoms with Gasteiger partial charge in [0.25, 0.3) is 0 Å². The van der Waals surface area contributed by atoms with Gasteiger partial charge in [0.1, 0.15) is 0 Å². The molecule has 1 fully saturated rings. The van der Waals surface area contributed by atoms with Crippen molar-refractivity contribution in [1.82, 2.24) is 4.90 Å². The Morgan fingerprint density at radius 3 is 2.44 bits per heavy atom. The lowest BCUT2D eigenvalue weighted by Crippen LogP contribution is -2.51. The first-order valence-corrected chi connectivity index (χ1v) is 5.20. The summed E-state index contributed by atoms with van der Waals surface area (Å²) in [4.78, 5) is 24.2. The zero-order valence-electron chi connectivity index (χ0n) is 8.80. The van der Waals surface area contributed by atoms with E-state index in [9.17, 15) is 9.59 Å². The fraction of sp³-hybridized carbons (Fsp3) is 0.333. The van der Waals surface area contributed by atoms with E-state index in [0.29, 0.717) is 25.2 Å². The third kappa shape index (κ3) is 2.28. The number of likely N-dealkylation sites (tertiary alicyclic amines) is 1. The monoisotopic (exact) mass is 219 g/mol. The summed E-state index contributed by atoms with van der Waals surface area (Å²) in [6.45, 7) is 1.27. The highest BCUT2D eigenvalue weighted by molar-refractivity contribution is 5.97. The van der Waals surface area contributed by atoms with Gasteiger partial charge in [-0.25, -0.2) is 0 Å². The van der Waals surface area contributed by atoms with Gasteiger partial charge in [0.15, 0.2) is 5.78 Å². The topological polar surface area (TPSA) is 57.6 Å². The summed E-state index contributed by atoms with van der Waals surface area (Å²) in [5, 5.41) is 8.69. The van der Waals surface area contributed by atoms with Gasteiger partial charge in [-0.1, -0.05) is 30.3 Å². The van der Waals surface area contributed by atoms with Crippen LogP contribution in [0.25, 0.3) is 0 Å². The normalized spacial score (nSPS) is 16.8. The molecule has 0 amide bonds. The van der Waals surface area contributed by atoms with Crippen molar-refractivity contribution < 1.29 is 14.7 Å². The fourth-order valence-electron chi connectivity index (χ4n) is 1.77. The number of ketones is 1. The second kappa shape index (κ2) is 4.45. The molecule has 84 valence electrons. The molecule has 0 aromatic heterocycles. The number of benzene rings is 1. The highest BCUT2D eigenvalue weighted by Crippen LogP contribution is 2.15. The number of nitrogens with zero attached hydrogens (tertiary/aromatic N) is 1. The lowest BCUT2D eigenvalue weighted by molar-refractivity contribution is -0.147. The average Bonchev–Trinajstić information content (AvgIpc) is 2.23. The molecule has 1 aromatic rings. The Hall–Kier alpha value is -1.68. The van der Waals surface area contributed by atoms with E-state index >= 15 is 0 Å². The quantitative estimate of drug-likeness (QED) is 0.764. The second-order valence-corrected chi connectivity index (χ2v) is 4.02. The van der Waals surface area contributed by atoms with Gasteiger partial charge in [-0.2, -0.15) is 0 Å². The number of Topliss-reactive ketones (excluding diaryl/α,β-unsaturated/α-hetero) is 1. The molecule has 1 N–H and O–H groups in total. The summed E-state index contributed by atoms with van der Waals surface area (Å²) in [6.07, 6.45) is 0. The Morgan fingerprint density at radius 2 is 1.88 bits per heavy atom. The van der Waals surface area contributed by atoms with Gasteiger partial charge in [0, 0.05) is 18.7 Å². The van der Waals surface area contributed by atoms with Gasteiger partial charge in [-0.3, -0.25) is 14.5 Å². The minimum atomic E-state index is -0.775. The molecule has 1 aliphatic heterocycles. The number of carbonyl (C=O) groups is 2. The summed E-state index contributed by atoms with van der Waals surface area (Å²) in [5.41, 5.74) is 0.682. The third-order valence-corrected chi connectivity index (χ3v) is 2.77. The Morgan fingerprint density at radius 1 is 1.25 bits per heavy atom. The number of hydrogen-bond acceptors (Lipinski definition) is 3. The van der Waals surface area contributed by atoms with E-state index in [0.717, 1.165) is 0 Å². The van der Waals surface area contributed by atoms with Crippen LogP contribution in [-0.2, 0) is 4.79 Å². The highest BCUT2D eigenvalue weighted by Gasteiger charge is 2.33. The van der Waals surface area contributed by atoms with E-state index in [-0.39, 0.29) is 11.7 Å². The molecule has 1 saturated heterocycles. The first-order valence-electron chi connectivity index (χ1n) is 5.20. The summed E-state index contributed by atoms with van der Waals surface area (Å²) in [6, 6.07) is 9.06. The van der Waals surface area contributed by atoms with Gasteiger partial charge in [-0.05, 0) is 0 Å². The molecule has 1 heterocycles. The summed E-state index contributed by atoms with van der Waals surface area (Å²) in [5.74, 6) is -1.03. The smallest absolute Gasteiger partial charge is 0.309 e. The predicted octanol–water partition coefficient (Wildman–Crippen LogP) is 0.886. The van der Waals surface area contributed by atoms with Gasteiger partial charge in [0.2, 0.25) is 0 Å². The summed E-state index contributed by atoms with van der Waals surface area (Å²) < 4.78 is 0. The maximum atomic E-state index is 11.7. The molecular formula is C12H13NO3. The van der Waals surface area contributed by atoms with Crippen LogP contribution in [0.3, 0.4) is 0 Å². The van der Waals surface area contributed by atoms with Crippen molar-refractivity contribution in [2.24, 2.45) is 5.92 Å². The van der Waals surface area contributed by atoms with Crippen molar-refractivity contribution in [2.75, 3.05) is 19.6 Å². The molecule has 1 aromatic carbocycles. The predicted molar refractivity (Wildman–Crippen MR) is 58.3 cm³/mol. The molecule has 1 aliphatic rings. The molecule has 0 saturated carbocycles. The molecule has 16 heavy (non-hydrogen) atoms. The first-order chi connectivity index (χ1) is 7.66. The van der Waals surface area contributed by atoms with Gasteiger partial charge in [0.05, 0.1) is 12.5 Å². The van der Waals surface area contributed by atoms with E-state index in [4.69, 9.17) is 5.11 Å². The van der Waals surface area contributed by atoms with Crippen LogP contribution in [-0.4, -0.2) is 41.4 Å². The zero-order valence-corrected chi connectivity index (χ0v) is 8.80. The van der Waals surface area contributed by atoms with E-state index < -0.39 is 5.97 Å². The molecule has 0 radical (unpaired) electrons. The van der Waals surface area contributed by atoms with Crippen molar-refractivity contribution in [3.05, 3.63) is 35.9 Å². The van der Waals surface area contributed by atoms with Crippen LogP contribution >= 0.6 is 0 Å². The minimum absolute atomic E-state index is 0.0458. The fourth-order valence-corrected chi connectivity index (χ4v) is 1.77. The molecule has 4 nitrogen and oxygen atoms in total. The second-order valence-electron chi connectivity index (χ2n) is 4.02. The molecule has 0 unspecified atom stereocenters. The van der Waals surface area contributed by atoms with Crippen LogP contribution in [0.2, 0.25) is 0 Å². The Kier molecular flexibility index (Phi) is 3.01. The number of rotatable bonds is 4. The molecule has 0 bridgehead atoms. The number of carboxylic acid groups (broad SMARTS) is 1. The number of hydrogen-bond donors (Lipinski definition) is 1. The molecule has 0 aliphatic carbocycles. The van der Waals surface area contributed by atoms with E-state index in [1.165, 1.54) is 0 Å². The number of carboxylic acids is 1. The van der Waals surface area contributed by atoms with Crippen molar-refractivity contribution >= 4 is 11.8 Å². The van der Waals surface area contributed by atoms with Crippen molar-refractivity contribution in [1.29, 1.82) is 0 Å². The standard InChI is InChI=1S/C12H13NO3/c14-11(9-4-2-1-3-5-9)8-13-6-10(7-13)12(15)16/h1-5,10H,6-8H2,(H,15,16). The van der Waals surface area contributed by atoms with E-state index in [1.54, 1.807) is 12.1 Å². The van der Waals surface area contributed by atoms with E-state index in [1.807, 2.05) is 23.1 Å². The lowest BCUT2D eigenvalue weighted by Gasteiger charge is -2.35. The summed E-state index contributed by atoms with van der Waals surface area (Å²) >= 11 is 0. The van der Waals surface area contributed by atoms with Crippen LogP contribution in [0.5, 0.6) is 0 Å². The highest BCUT2D eigenvalue weighted by atomic mass is 16.4. The minimum Gasteiger partial charge on any atom is -0.481 e. The summed E-state index contributed by atoms with van der Waals surface area (Å²) in [7, 11) is 0. The van der Waals surface area contributed by atoms with Crippen molar-refractivity contribution in [3.8, 4) is 0 Å². The van der Waals surface area contributed by atoms with Crippen LogP contribution in [0.15, 0.2) is 30.3 Å². The van der Waals surface area contributed by atoms with Gasteiger partial charge < -0.3 is 5.11 Å². The Labute approximate surface area is 93.5 Å². The zero-order chi connectivity index (χ0) is 11.5. The molecule has 0 spiro atoms. The van der Waals surface area contributed by atoms with Crippen LogP contribution < -0.4 is 0 Å². The van der Waals surface area contributed by atoms with Crippen LogP contribution in [0.1, 0.15) is 10.4 Å². The van der Waals surface area contributed by atoms with Gasteiger partial charge >= 0.3 is 5.97 Å². The molecule has 2 rings (SSSR count). The molecule has 4 heteroatoms. The molecular weight excluding hydrogens is 206 g/mol. The van der Waals surface area contributed by atoms with Gasteiger partial charge in [-0.15, -0.1) is 0 Å². The number of aliphatic carboxylic acids is 1. The first kappa shape index (κ1) is 10.8. The van der Waals surface area contributed by atoms with Crippen molar-refractivity contribution in [2.45, 2.75) is 0 Å². The SMILES string of the molecule is O=C(CN1CC(C(=O)O)C1)c1ccccc1. The average molecular weight is 219 g/mol. The third-order valence-electron chi connectivity index (χ3n) is 2.77. The van der Waals surface area contributed by atoms with E-state index in [2.05, 4.69) is 0 Å². The molecule has 0 atom stereocenters. The maximum absolute atomic E-state index is 11.7. The van der Waals surface area contributed by atoms with Crippen LogP contribution in [0, 0.1) is 5.92 Å². The Balaban J connectivity index is 1.84. The number of carbonyl (C=O) groups excluding carboxylic acids is 1. The van der Waals surface area contributed by atoms with Crippen molar-refractivity contribution in [3.63, 3.8) is 0 Å². The maximum Gasteiger partial charge on any atom is 0.309 e. The van der Waals surface area contributed by atoms with Crippen LogP contribution in [0.4, 0.5) is 0 Å². The largest absolute Gasteiger partial charge is 0.481 e. The lowest BCUT2D eigenvalue weighted by atomic mass is 9.99.